The van der Waals surface area contributed by atoms with Gasteiger partial charge in [0.1, 0.15) is 30.0 Å². The molecule has 0 saturated heterocycles. The zero-order valence-corrected chi connectivity index (χ0v) is 16.5. The van der Waals surface area contributed by atoms with E-state index in [1.807, 2.05) is 31.2 Å². The maximum absolute atomic E-state index is 13.6. The number of halogens is 1. The normalized spacial score (nSPS) is 15.9. The van der Waals surface area contributed by atoms with E-state index in [0.29, 0.717) is 23.7 Å². The summed E-state index contributed by atoms with van der Waals surface area (Å²) in [6.45, 7) is 1.92. The molecule has 8 nitrogen and oxygen atoms in total. The summed E-state index contributed by atoms with van der Waals surface area (Å²) in [5.41, 5.74) is 2.49. The van der Waals surface area contributed by atoms with E-state index in [9.17, 15) is 14.0 Å². The molecule has 0 radical (unpaired) electrons. The van der Waals surface area contributed by atoms with Crippen LogP contribution in [-0.4, -0.2) is 46.7 Å². The van der Waals surface area contributed by atoms with Crippen LogP contribution in [0.1, 0.15) is 27.6 Å². The molecular weight excluding hydrogens is 389 g/mol. The lowest BCUT2D eigenvalue weighted by Gasteiger charge is -2.19. The Balaban J connectivity index is 1.44. The fraction of sp³-hybridized carbons (Fsp3) is 0.238. The number of carbonyl (C=O) groups is 2. The smallest absolute Gasteiger partial charge is 0.291 e. The second-order valence-corrected chi connectivity index (χ2v) is 7.11. The molecule has 0 bridgehead atoms. The van der Waals surface area contributed by atoms with Crippen LogP contribution in [0.2, 0.25) is 0 Å². The minimum Gasteiger partial charge on any atom is -0.489 e. The van der Waals surface area contributed by atoms with E-state index in [1.165, 1.54) is 30.1 Å². The molecule has 3 aromatic rings. The van der Waals surface area contributed by atoms with E-state index in [2.05, 4.69) is 20.5 Å². The second-order valence-electron chi connectivity index (χ2n) is 7.11. The number of nitrogens with one attached hydrogen (secondary N) is 2. The second kappa shape index (κ2) is 7.94. The van der Waals surface area contributed by atoms with Gasteiger partial charge in [0.2, 0.25) is 5.82 Å². The molecule has 1 aromatic heterocycles. The van der Waals surface area contributed by atoms with Gasteiger partial charge in [-0.1, -0.05) is 29.8 Å². The molecule has 1 aliphatic rings. The van der Waals surface area contributed by atoms with Gasteiger partial charge < -0.3 is 15.0 Å². The number of rotatable bonds is 4. The molecule has 0 spiro atoms. The van der Waals surface area contributed by atoms with Gasteiger partial charge in [-0.05, 0) is 24.6 Å². The molecule has 1 atom stereocenters. The van der Waals surface area contributed by atoms with E-state index in [0.717, 1.165) is 11.1 Å². The average molecular weight is 409 g/mol. The van der Waals surface area contributed by atoms with Crippen LogP contribution in [0.3, 0.4) is 0 Å². The number of benzene rings is 2. The molecule has 1 aliphatic heterocycles. The Hall–Kier alpha value is -3.75. The number of H-pyrrole nitrogens is 1. The summed E-state index contributed by atoms with van der Waals surface area (Å²) in [6, 6.07) is 10.9. The van der Waals surface area contributed by atoms with Crippen molar-refractivity contribution in [2.24, 2.45) is 0 Å². The fourth-order valence-corrected chi connectivity index (χ4v) is 3.17. The molecule has 2 heterocycles. The predicted molar refractivity (Wildman–Crippen MR) is 107 cm³/mol. The molecule has 2 amide bonds. The molecule has 2 N–H and O–H groups in total. The Labute approximate surface area is 172 Å². The number of hydrogen-bond acceptors (Lipinski definition) is 5. The van der Waals surface area contributed by atoms with Crippen molar-refractivity contribution in [3.8, 4) is 5.75 Å². The van der Waals surface area contributed by atoms with Gasteiger partial charge in [0, 0.05) is 19.5 Å². The Morgan fingerprint density at radius 1 is 1.30 bits per heavy atom. The first-order valence-electron chi connectivity index (χ1n) is 9.38. The van der Waals surface area contributed by atoms with E-state index < -0.39 is 23.7 Å². The zero-order chi connectivity index (χ0) is 21.3. The molecular formula is C21H20FN5O3. The van der Waals surface area contributed by atoms with E-state index in [4.69, 9.17) is 4.74 Å². The highest BCUT2D eigenvalue weighted by Crippen LogP contribution is 2.31. The highest BCUT2D eigenvalue weighted by molar-refractivity contribution is 6.02. The highest BCUT2D eigenvalue weighted by atomic mass is 19.1. The number of nitrogens with zero attached hydrogens (tertiary/aromatic N) is 3. The summed E-state index contributed by atoms with van der Waals surface area (Å²) < 4.78 is 19.1. The summed E-state index contributed by atoms with van der Waals surface area (Å²) in [5.74, 6) is -0.687. The molecule has 0 saturated carbocycles. The molecule has 9 heteroatoms. The third-order valence-electron chi connectivity index (χ3n) is 4.85. The van der Waals surface area contributed by atoms with Gasteiger partial charge in [-0.25, -0.2) is 9.37 Å². The average Bonchev–Trinajstić information content (AvgIpc) is 3.17. The lowest BCUT2D eigenvalue weighted by atomic mass is 10.1. The predicted octanol–water partition coefficient (Wildman–Crippen LogP) is 2.00. The maximum Gasteiger partial charge on any atom is 0.291 e. The van der Waals surface area contributed by atoms with Gasteiger partial charge in [0.05, 0.1) is 5.69 Å². The van der Waals surface area contributed by atoms with Gasteiger partial charge in [0.25, 0.3) is 11.8 Å². The largest absolute Gasteiger partial charge is 0.489 e. The maximum atomic E-state index is 13.6. The number of fused-ring (bicyclic) bond motifs is 1. The Morgan fingerprint density at radius 3 is 2.83 bits per heavy atom. The third-order valence-corrected chi connectivity index (χ3v) is 4.85. The molecule has 0 fully saturated rings. The van der Waals surface area contributed by atoms with Gasteiger partial charge in [-0.15, -0.1) is 5.10 Å². The van der Waals surface area contributed by atoms with Crippen LogP contribution in [0.5, 0.6) is 5.75 Å². The lowest BCUT2D eigenvalue weighted by Crippen LogP contribution is -2.49. The number of aromatic amines is 1. The van der Waals surface area contributed by atoms with E-state index in [-0.39, 0.29) is 12.4 Å². The van der Waals surface area contributed by atoms with Crippen molar-refractivity contribution in [2.75, 3.05) is 18.6 Å². The topological polar surface area (TPSA) is 100 Å². The minimum atomic E-state index is -0.961. The number of aryl methyl sites for hydroxylation is 1. The number of likely N-dealkylation sites (N-methyl/N-ethyl adjacent to an activating group) is 1. The summed E-state index contributed by atoms with van der Waals surface area (Å²) in [7, 11) is 1.50. The van der Waals surface area contributed by atoms with Crippen molar-refractivity contribution in [1.29, 1.82) is 0 Å². The zero-order valence-electron chi connectivity index (χ0n) is 16.5. The van der Waals surface area contributed by atoms with Crippen molar-refractivity contribution < 1.29 is 18.7 Å². The summed E-state index contributed by atoms with van der Waals surface area (Å²) >= 11 is 0. The lowest BCUT2D eigenvalue weighted by molar-refractivity contribution is -0.120. The third kappa shape index (κ3) is 4.00. The Morgan fingerprint density at radius 2 is 2.07 bits per heavy atom. The first kappa shape index (κ1) is 19.6. The van der Waals surface area contributed by atoms with E-state index >= 15 is 0 Å². The van der Waals surface area contributed by atoms with Crippen LogP contribution in [0.15, 0.2) is 42.5 Å². The Bertz CT molecular complexity index is 1100. The van der Waals surface area contributed by atoms with Crippen LogP contribution in [0.25, 0.3) is 0 Å². The standard InChI is InChI=1S/C21H20FN5O3/c1-12-3-5-13(6-4-12)9-18-24-19(26-25-18)20(28)23-15-11-30-17-8-7-14(22)10-16(17)27(2)21(15)29/h3-8,10,15H,9,11H2,1-2H3,(H,23,28)(H,24,25,26). The van der Waals surface area contributed by atoms with Crippen LogP contribution in [0.4, 0.5) is 10.1 Å². The summed E-state index contributed by atoms with van der Waals surface area (Å²) in [6.07, 6.45) is 0.496. The van der Waals surface area contributed by atoms with Crippen LogP contribution < -0.4 is 15.0 Å². The van der Waals surface area contributed by atoms with Gasteiger partial charge >= 0.3 is 0 Å². The Kier molecular flexibility index (Phi) is 5.18. The highest BCUT2D eigenvalue weighted by Gasteiger charge is 2.31. The minimum absolute atomic E-state index is 0.0691. The van der Waals surface area contributed by atoms with Crippen molar-refractivity contribution in [3.05, 3.63) is 71.1 Å². The number of ether oxygens (including phenoxy) is 1. The van der Waals surface area contributed by atoms with Crippen LogP contribution in [-0.2, 0) is 11.2 Å². The van der Waals surface area contributed by atoms with Crippen molar-refractivity contribution >= 4 is 17.5 Å². The summed E-state index contributed by atoms with van der Waals surface area (Å²) in [4.78, 5) is 30.8. The molecule has 1 unspecified atom stereocenters. The first-order chi connectivity index (χ1) is 14.4. The quantitative estimate of drug-likeness (QED) is 0.687. The SMILES string of the molecule is Cc1ccc(Cc2nc(C(=O)NC3COc4ccc(F)cc4N(C)C3=O)n[nH]2)cc1. The molecule has 30 heavy (non-hydrogen) atoms. The van der Waals surface area contributed by atoms with Crippen LogP contribution >= 0.6 is 0 Å². The molecule has 2 aromatic carbocycles. The molecule has 0 aliphatic carbocycles. The van der Waals surface area contributed by atoms with Gasteiger partial charge in [0.15, 0.2) is 0 Å². The monoisotopic (exact) mass is 409 g/mol. The van der Waals surface area contributed by atoms with Gasteiger partial charge in [-0.3, -0.25) is 14.7 Å². The van der Waals surface area contributed by atoms with Crippen molar-refractivity contribution in [1.82, 2.24) is 20.5 Å². The van der Waals surface area contributed by atoms with Crippen LogP contribution in [0, 0.1) is 12.7 Å². The van der Waals surface area contributed by atoms with Gasteiger partial charge in [-0.2, -0.15) is 0 Å². The first-order valence-corrected chi connectivity index (χ1v) is 9.38. The number of carbonyl (C=O) groups excluding carboxylic acids is 2. The van der Waals surface area contributed by atoms with E-state index in [1.54, 1.807) is 0 Å². The number of hydrogen-bond donors (Lipinski definition) is 2. The number of aromatic nitrogens is 3. The number of amides is 2. The van der Waals surface area contributed by atoms with Crippen molar-refractivity contribution in [3.63, 3.8) is 0 Å². The molecule has 4 rings (SSSR count). The van der Waals surface area contributed by atoms with Crippen molar-refractivity contribution in [2.45, 2.75) is 19.4 Å². The summed E-state index contributed by atoms with van der Waals surface area (Å²) in [5, 5.41) is 9.30. The fourth-order valence-electron chi connectivity index (χ4n) is 3.17. The number of anilines is 1. The molecule has 154 valence electrons.